The van der Waals surface area contributed by atoms with Crippen LogP contribution in [0.5, 0.6) is 5.75 Å². The second kappa shape index (κ2) is 8.73. The van der Waals surface area contributed by atoms with Crippen LogP contribution >= 0.6 is 11.6 Å². The number of sulfone groups is 1. The van der Waals surface area contributed by atoms with Gasteiger partial charge in [0.15, 0.2) is 23.1 Å². The van der Waals surface area contributed by atoms with Gasteiger partial charge in [0.25, 0.3) is 5.91 Å². The van der Waals surface area contributed by atoms with Gasteiger partial charge in [-0.3, -0.25) is 4.79 Å². The fraction of sp³-hybridized carbons (Fsp3) is 0.529. The van der Waals surface area contributed by atoms with Crippen molar-refractivity contribution < 1.29 is 27.5 Å². The molecule has 1 aromatic rings. The van der Waals surface area contributed by atoms with E-state index in [-0.39, 0.29) is 24.2 Å². The third kappa shape index (κ3) is 5.60. The molecule has 9 heteroatoms. The van der Waals surface area contributed by atoms with E-state index in [0.717, 1.165) is 5.56 Å². The van der Waals surface area contributed by atoms with E-state index in [1.807, 2.05) is 6.92 Å². The number of hydrogen-bond acceptors (Lipinski definition) is 6. The molecule has 1 heterocycles. The molecule has 0 aliphatic carbocycles. The Morgan fingerprint density at radius 2 is 2.04 bits per heavy atom. The van der Waals surface area contributed by atoms with Crippen molar-refractivity contribution in [3.63, 3.8) is 0 Å². The number of aryl methyl sites for hydroxylation is 1. The summed E-state index contributed by atoms with van der Waals surface area (Å²) in [6.07, 6.45) is 0.412. The molecule has 1 aromatic carbocycles. The molecule has 26 heavy (non-hydrogen) atoms. The van der Waals surface area contributed by atoms with Crippen LogP contribution in [0, 0.1) is 6.92 Å². The lowest BCUT2D eigenvalue weighted by molar-refractivity contribution is -0.154. The molecule has 1 aliphatic heterocycles. The molecular weight excluding hydrogens is 382 g/mol. The monoisotopic (exact) mass is 403 g/mol. The highest BCUT2D eigenvalue weighted by Gasteiger charge is 2.34. The summed E-state index contributed by atoms with van der Waals surface area (Å²) in [5.74, 6) is -0.581. The first-order valence-corrected chi connectivity index (χ1v) is 10.5. The number of rotatable bonds is 7. The van der Waals surface area contributed by atoms with Crippen molar-refractivity contribution in [2.24, 2.45) is 0 Å². The molecule has 1 atom stereocenters. The van der Waals surface area contributed by atoms with Crippen LogP contribution in [0.15, 0.2) is 18.2 Å². The average Bonchev–Trinajstić information content (AvgIpc) is 2.94. The van der Waals surface area contributed by atoms with Gasteiger partial charge >= 0.3 is 5.97 Å². The molecule has 0 saturated carbocycles. The first-order chi connectivity index (χ1) is 12.2. The van der Waals surface area contributed by atoms with Gasteiger partial charge in [0.05, 0.1) is 11.5 Å². The molecule has 7 nitrogen and oxygen atoms in total. The highest BCUT2D eigenvalue weighted by atomic mass is 35.5. The summed E-state index contributed by atoms with van der Waals surface area (Å²) >= 11 is 5.92. The van der Waals surface area contributed by atoms with Gasteiger partial charge in [-0.15, -0.1) is 0 Å². The summed E-state index contributed by atoms with van der Waals surface area (Å²) in [6, 6.07) is 4.63. The zero-order valence-electron chi connectivity index (χ0n) is 14.7. The fourth-order valence-electron chi connectivity index (χ4n) is 2.78. The Balaban J connectivity index is 1.80. The van der Waals surface area contributed by atoms with Crippen molar-refractivity contribution in [1.82, 2.24) is 4.90 Å². The van der Waals surface area contributed by atoms with Crippen molar-refractivity contribution in [2.75, 3.05) is 31.3 Å². The van der Waals surface area contributed by atoms with Crippen molar-refractivity contribution in [1.29, 1.82) is 0 Å². The number of halogens is 1. The topological polar surface area (TPSA) is 90.0 Å². The maximum atomic E-state index is 12.2. The van der Waals surface area contributed by atoms with Gasteiger partial charge in [0.2, 0.25) is 0 Å². The number of likely N-dealkylation sites (N-methyl/N-ethyl adjacent to an activating group) is 1. The van der Waals surface area contributed by atoms with Crippen LogP contribution < -0.4 is 4.74 Å². The maximum absolute atomic E-state index is 12.2. The number of amides is 1. The Morgan fingerprint density at radius 1 is 1.31 bits per heavy atom. The molecule has 1 saturated heterocycles. The fourth-order valence-corrected chi connectivity index (χ4v) is 4.62. The van der Waals surface area contributed by atoms with Gasteiger partial charge in [0.1, 0.15) is 5.75 Å². The molecule has 1 aliphatic rings. The number of esters is 1. The van der Waals surface area contributed by atoms with Crippen LogP contribution in [0.25, 0.3) is 0 Å². The van der Waals surface area contributed by atoms with Gasteiger partial charge in [-0.05, 0) is 44.0 Å². The van der Waals surface area contributed by atoms with Gasteiger partial charge < -0.3 is 14.4 Å². The van der Waals surface area contributed by atoms with Crippen LogP contribution in [0.2, 0.25) is 5.02 Å². The predicted octanol–water partition coefficient (Wildman–Crippen LogP) is 1.61. The van der Waals surface area contributed by atoms with Gasteiger partial charge in [-0.25, -0.2) is 13.2 Å². The number of benzene rings is 1. The summed E-state index contributed by atoms with van der Waals surface area (Å²) in [6.45, 7) is 3.16. The van der Waals surface area contributed by atoms with E-state index in [1.54, 1.807) is 25.1 Å². The molecular formula is C17H22ClNO6S. The Kier molecular flexibility index (Phi) is 6.88. The minimum Gasteiger partial charge on any atom is -0.482 e. The number of hydrogen-bond donors (Lipinski definition) is 0. The zero-order chi connectivity index (χ0) is 19.3. The first-order valence-electron chi connectivity index (χ1n) is 8.26. The van der Waals surface area contributed by atoms with Crippen molar-refractivity contribution >= 4 is 33.3 Å². The lowest BCUT2D eigenvalue weighted by Gasteiger charge is -2.26. The maximum Gasteiger partial charge on any atom is 0.344 e. The second-order valence-corrected chi connectivity index (χ2v) is 8.73. The molecule has 0 radical (unpaired) electrons. The standard InChI is InChI=1S/C17H22ClNO6S/c1-3-19(13-6-7-26(22,23)11-13)16(20)9-25-17(21)10-24-14-4-5-15(18)12(2)8-14/h4-5,8,13H,3,6-7,9-11H2,1-2H3. The van der Waals surface area contributed by atoms with E-state index in [2.05, 4.69) is 0 Å². The Hall–Kier alpha value is -1.80. The van der Waals surface area contributed by atoms with Crippen molar-refractivity contribution in [2.45, 2.75) is 26.3 Å². The zero-order valence-corrected chi connectivity index (χ0v) is 16.3. The van der Waals surface area contributed by atoms with Crippen LogP contribution in [-0.2, 0) is 24.2 Å². The van der Waals surface area contributed by atoms with Crippen molar-refractivity contribution in [3.8, 4) is 5.75 Å². The van der Waals surface area contributed by atoms with Crippen LogP contribution in [0.1, 0.15) is 18.9 Å². The number of nitrogens with zero attached hydrogens (tertiary/aromatic N) is 1. The minimum absolute atomic E-state index is 0.0421. The summed E-state index contributed by atoms with van der Waals surface area (Å²) in [4.78, 5) is 25.4. The third-order valence-electron chi connectivity index (χ3n) is 4.15. The van der Waals surface area contributed by atoms with Crippen LogP contribution in [-0.4, -0.2) is 62.5 Å². The summed E-state index contributed by atoms with van der Waals surface area (Å²) in [5.41, 5.74) is 0.817. The quantitative estimate of drug-likeness (QED) is 0.642. The molecule has 0 bridgehead atoms. The number of carbonyl (C=O) groups is 2. The Morgan fingerprint density at radius 3 is 2.62 bits per heavy atom. The van der Waals surface area contributed by atoms with Gasteiger partial charge in [-0.1, -0.05) is 11.6 Å². The normalized spacial score (nSPS) is 18.3. The van der Waals surface area contributed by atoms with Gasteiger partial charge in [0, 0.05) is 17.6 Å². The average molecular weight is 404 g/mol. The van der Waals surface area contributed by atoms with E-state index in [0.29, 0.717) is 23.7 Å². The van der Waals surface area contributed by atoms with E-state index in [1.165, 1.54) is 4.90 Å². The van der Waals surface area contributed by atoms with Gasteiger partial charge in [-0.2, -0.15) is 0 Å². The minimum atomic E-state index is -3.09. The molecule has 1 fully saturated rings. The Bertz CT molecular complexity index is 779. The first kappa shape index (κ1) is 20.5. The molecule has 0 N–H and O–H groups in total. The molecule has 1 amide bonds. The Labute approximate surface area is 158 Å². The summed E-state index contributed by atoms with van der Waals surface area (Å²) in [5, 5.41) is 0.596. The van der Waals surface area contributed by atoms with Crippen LogP contribution in [0.3, 0.4) is 0 Å². The molecule has 1 unspecified atom stereocenters. The largest absolute Gasteiger partial charge is 0.482 e. The SMILES string of the molecule is CCN(C(=O)COC(=O)COc1ccc(Cl)c(C)c1)C1CCS(=O)(=O)C1. The lowest BCUT2D eigenvalue weighted by Crippen LogP contribution is -2.43. The van der Waals surface area contributed by atoms with Crippen molar-refractivity contribution in [3.05, 3.63) is 28.8 Å². The van der Waals surface area contributed by atoms with Crippen LogP contribution in [0.4, 0.5) is 0 Å². The summed E-state index contributed by atoms with van der Waals surface area (Å²) in [7, 11) is -3.09. The molecule has 0 aromatic heterocycles. The van der Waals surface area contributed by atoms with E-state index >= 15 is 0 Å². The smallest absolute Gasteiger partial charge is 0.344 e. The second-order valence-electron chi connectivity index (χ2n) is 6.10. The third-order valence-corrected chi connectivity index (χ3v) is 6.33. The highest BCUT2D eigenvalue weighted by molar-refractivity contribution is 7.91. The predicted molar refractivity (Wildman–Crippen MR) is 97.1 cm³/mol. The molecule has 144 valence electrons. The molecule has 0 spiro atoms. The van der Waals surface area contributed by atoms with E-state index < -0.39 is 28.3 Å². The lowest BCUT2D eigenvalue weighted by atomic mass is 10.2. The highest BCUT2D eigenvalue weighted by Crippen LogP contribution is 2.21. The summed E-state index contributed by atoms with van der Waals surface area (Å²) < 4.78 is 33.4. The molecule has 2 rings (SSSR count). The number of carbonyl (C=O) groups excluding carboxylic acids is 2. The number of ether oxygens (including phenoxy) is 2. The van der Waals surface area contributed by atoms with E-state index in [4.69, 9.17) is 21.1 Å². The van der Waals surface area contributed by atoms with E-state index in [9.17, 15) is 18.0 Å².